The van der Waals surface area contributed by atoms with Gasteiger partial charge in [0.15, 0.2) is 12.4 Å². The number of halogens is 2. The third kappa shape index (κ3) is 6.04. The number of hydrogen-bond acceptors (Lipinski definition) is 7. The number of anilines is 1. The van der Waals surface area contributed by atoms with E-state index in [4.69, 9.17) is 9.47 Å². The highest BCUT2D eigenvalue weighted by atomic mass is 79.9. The fourth-order valence-corrected chi connectivity index (χ4v) is 6.27. The van der Waals surface area contributed by atoms with E-state index in [9.17, 15) is 24.0 Å². The highest BCUT2D eigenvalue weighted by Gasteiger charge is 2.53. The Hall–Kier alpha value is -3.63. The van der Waals surface area contributed by atoms with Crippen LogP contribution in [0.5, 0.6) is 5.75 Å². The molecule has 5 rings (SSSR count). The minimum absolute atomic E-state index is 0.0183. The molecule has 2 fully saturated rings. The number of esters is 2. The fourth-order valence-electron chi connectivity index (χ4n) is 5.03. The number of ether oxygens (including phenoxy) is 2. The Morgan fingerprint density at radius 3 is 1.95 bits per heavy atom. The van der Waals surface area contributed by atoms with Crippen LogP contribution in [-0.2, 0) is 14.3 Å². The molecular formula is C31H25Br2NO7. The number of alkyl halides is 2. The van der Waals surface area contributed by atoms with Crippen molar-refractivity contribution in [3.8, 4) is 5.75 Å². The molecule has 3 aromatic rings. The number of hydrogen-bond donors (Lipinski definition) is 0. The van der Waals surface area contributed by atoms with Crippen LogP contribution in [0.4, 0.5) is 5.69 Å². The smallest absolute Gasteiger partial charge is 0.343 e. The van der Waals surface area contributed by atoms with Crippen LogP contribution in [0, 0.1) is 18.8 Å². The molecule has 10 heteroatoms. The molecule has 1 saturated heterocycles. The van der Waals surface area contributed by atoms with Crippen molar-refractivity contribution in [2.75, 3.05) is 11.5 Å². The molecule has 1 aliphatic carbocycles. The van der Waals surface area contributed by atoms with Crippen LogP contribution < -0.4 is 9.64 Å². The highest BCUT2D eigenvalue weighted by Crippen LogP contribution is 2.45. The van der Waals surface area contributed by atoms with Gasteiger partial charge in [-0.3, -0.25) is 14.4 Å². The van der Waals surface area contributed by atoms with Gasteiger partial charge in [0.1, 0.15) is 5.75 Å². The summed E-state index contributed by atoms with van der Waals surface area (Å²) < 4.78 is 10.6. The van der Waals surface area contributed by atoms with E-state index in [-0.39, 0.29) is 44.0 Å². The van der Waals surface area contributed by atoms with Gasteiger partial charge in [-0.15, -0.1) is 0 Å². The van der Waals surface area contributed by atoms with Crippen molar-refractivity contribution in [2.24, 2.45) is 11.8 Å². The molecule has 0 radical (unpaired) electrons. The van der Waals surface area contributed by atoms with Crippen LogP contribution in [-0.4, -0.2) is 45.8 Å². The number of ketones is 1. The Morgan fingerprint density at radius 1 is 0.780 bits per heavy atom. The average Bonchev–Trinajstić information content (AvgIpc) is 3.20. The topological polar surface area (TPSA) is 107 Å². The largest absolute Gasteiger partial charge is 0.454 e. The lowest BCUT2D eigenvalue weighted by molar-refractivity contribution is -0.122. The molecule has 210 valence electrons. The van der Waals surface area contributed by atoms with Gasteiger partial charge in [-0.25, -0.2) is 14.5 Å². The predicted octanol–water partition coefficient (Wildman–Crippen LogP) is 5.68. The van der Waals surface area contributed by atoms with Crippen molar-refractivity contribution in [1.82, 2.24) is 0 Å². The Labute approximate surface area is 253 Å². The van der Waals surface area contributed by atoms with Gasteiger partial charge in [0, 0.05) is 15.2 Å². The SMILES string of the molecule is Cc1ccc(C(=O)Oc2ccc(C(=O)COC(=O)c3ccccc3N3C(=O)C4CC(Br)C(Br)CC4C3=O)cc2)cc1. The molecule has 4 atom stereocenters. The summed E-state index contributed by atoms with van der Waals surface area (Å²) in [6.07, 6.45) is 1.01. The third-order valence-electron chi connectivity index (χ3n) is 7.28. The molecule has 1 heterocycles. The summed E-state index contributed by atoms with van der Waals surface area (Å²) in [5.41, 5.74) is 1.84. The van der Waals surface area contributed by atoms with Gasteiger partial charge in [-0.1, -0.05) is 61.7 Å². The molecule has 41 heavy (non-hydrogen) atoms. The second-order valence-corrected chi connectivity index (χ2v) is 12.4. The standard InChI is InChI=1S/C31H25Br2NO7/c1-17-6-8-19(9-7-17)30(38)41-20-12-10-18(11-13-20)27(35)16-40-31(39)21-4-2-3-5-26(21)34-28(36)22-14-24(32)25(33)15-23(22)29(34)37/h2-13,22-25H,14-16H2,1H3. The van der Waals surface area contributed by atoms with E-state index in [1.165, 1.54) is 36.4 Å². The minimum atomic E-state index is -0.829. The average molecular weight is 683 g/mol. The zero-order valence-electron chi connectivity index (χ0n) is 21.9. The van der Waals surface area contributed by atoms with E-state index in [0.717, 1.165) is 10.5 Å². The van der Waals surface area contributed by atoms with E-state index >= 15 is 0 Å². The molecule has 3 aromatic carbocycles. The van der Waals surface area contributed by atoms with Crippen molar-refractivity contribution >= 4 is 67.1 Å². The van der Waals surface area contributed by atoms with Crippen LogP contribution >= 0.6 is 31.9 Å². The Kier molecular flexibility index (Phi) is 8.51. The first-order valence-corrected chi connectivity index (χ1v) is 14.8. The summed E-state index contributed by atoms with van der Waals surface area (Å²) >= 11 is 7.15. The molecule has 2 aliphatic rings. The number of benzene rings is 3. The summed E-state index contributed by atoms with van der Waals surface area (Å²) in [7, 11) is 0. The Morgan fingerprint density at radius 2 is 1.34 bits per heavy atom. The molecule has 0 bridgehead atoms. The number of nitrogens with zero attached hydrogens (tertiary/aromatic N) is 1. The lowest BCUT2D eigenvalue weighted by atomic mass is 9.81. The van der Waals surface area contributed by atoms with Crippen molar-refractivity contribution in [1.29, 1.82) is 0 Å². The normalized spacial score (nSPS) is 21.8. The van der Waals surface area contributed by atoms with Crippen LogP contribution in [0.3, 0.4) is 0 Å². The number of Topliss-reactive ketones (excluding diaryl/α,β-unsaturated/α-hetero) is 1. The van der Waals surface area contributed by atoms with Crippen LogP contribution in [0.2, 0.25) is 0 Å². The van der Waals surface area contributed by atoms with Gasteiger partial charge >= 0.3 is 11.9 Å². The van der Waals surface area contributed by atoms with Gasteiger partial charge in [-0.05, 0) is 68.3 Å². The lowest BCUT2D eigenvalue weighted by Crippen LogP contribution is -2.34. The van der Waals surface area contributed by atoms with Crippen LogP contribution in [0.15, 0.2) is 72.8 Å². The first kappa shape index (κ1) is 28.9. The van der Waals surface area contributed by atoms with Gasteiger partial charge < -0.3 is 9.47 Å². The Balaban J connectivity index is 1.23. The molecule has 2 amide bonds. The van der Waals surface area contributed by atoms with Crippen molar-refractivity contribution in [3.63, 3.8) is 0 Å². The number of rotatable bonds is 7. The lowest BCUT2D eigenvalue weighted by Gasteiger charge is -2.29. The van der Waals surface area contributed by atoms with Gasteiger partial charge in [0.05, 0.1) is 28.7 Å². The maximum atomic E-state index is 13.2. The number of carbonyl (C=O) groups excluding carboxylic acids is 5. The molecule has 8 nitrogen and oxygen atoms in total. The summed E-state index contributed by atoms with van der Waals surface area (Å²) in [5.74, 6) is -3.19. The van der Waals surface area contributed by atoms with E-state index in [1.54, 1.807) is 24.3 Å². The summed E-state index contributed by atoms with van der Waals surface area (Å²) in [6.45, 7) is 1.36. The fraction of sp³-hybridized carbons (Fsp3) is 0.258. The molecule has 4 unspecified atom stereocenters. The minimum Gasteiger partial charge on any atom is -0.454 e. The maximum absolute atomic E-state index is 13.2. The first-order valence-electron chi connectivity index (χ1n) is 13.0. The molecule has 1 aliphatic heterocycles. The van der Waals surface area contributed by atoms with Crippen molar-refractivity contribution < 1.29 is 33.4 Å². The molecule has 0 spiro atoms. The third-order valence-corrected chi connectivity index (χ3v) is 10.0. The zero-order valence-corrected chi connectivity index (χ0v) is 25.1. The monoisotopic (exact) mass is 681 g/mol. The van der Waals surface area contributed by atoms with Crippen LogP contribution in [0.1, 0.15) is 49.5 Å². The van der Waals surface area contributed by atoms with E-state index in [2.05, 4.69) is 31.9 Å². The maximum Gasteiger partial charge on any atom is 0.343 e. The van der Waals surface area contributed by atoms with Gasteiger partial charge in [-0.2, -0.15) is 0 Å². The van der Waals surface area contributed by atoms with Crippen molar-refractivity contribution in [2.45, 2.75) is 29.4 Å². The Bertz CT molecular complexity index is 1490. The number of carbonyl (C=O) groups is 5. The van der Waals surface area contributed by atoms with Gasteiger partial charge in [0.25, 0.3) is 0 Å². The number of fused-ring (bicyclic) bond motifs is 1. The molecule has 0 N–H and O–H groups in total. The summed E-state index contributed by atoms with van der Waals surface area (Å²) in [4.78, 5) is 65.8. The molecular weight excluding hydrogens is 658 g/mol. The predicted molar refractivity (Wildman–Crippen MR) is 158 cm³/mol. The van der Waals surface area contributed by atoms with E-state index in [1.807, 2.05) is 19.1 Å². The van der Waals surface area contributed by atoms with Gasteiger partial charge in [0.2, 0.25) is 11.8 Å². The van der Waals surface area contributed by atoms with Crippen LogP contribution in [0.25, 0.3) is 0 Å². The quantitative estimate of drug-likeness (QED) is 0.104. The number of imide groups is 1. The molecule has 1 saturated carbocycles. The molecule has 0 aromatic heterocycles. The second kappa shape index (κ2) is 12.1. The number of aryl methyl sites for hydroxylation is 1. The summed E-state index contributed by atoms with van der Waals surface area (Å²) in [6, 6.07) is 19.1. The summed E-state index contributed by atoms with van der Waals surface area (Å²) in [5, 5.41) is 0. The van der Waals surface area contributed by atoms with Crippen molar-refractivity contribution in [3.05, 3.63) is 95.1 Å². The van der Waals surface area contributed by atoms with E-state index in [0.29, 0.717) is 18.4 Å². The zero-order chi connectivity index (χ0) is 29.3. The number of para-hydroxylation sites is 1. The second-order valence-electron chi connectivity index (χ2n) is 10.0. The van der Waals surface area contributed by atoms with E-state index < -0.39 is 36.2 Å². The highest BCUT2D eigenvalue weighted by molar-refractivity contribution is 9.12. The number of amides is 2. The first-order chi connectivity index (χ1) is 19.6.